The van der Waals surface area contributed by atoms with Crippen LogP contribution in [0.4, 0.5) is 0 Å². The van der Waals surface area contributed by atoms with Crippen molar-refractivity contribution in [2.24, 2.45) is 0 Å². The van der Waals surface area contributed by atoms with E-state index in [2.05, 4.69) is 17.6 Å². The van der Waals surface area contributed by atoms with Gasteiger partial charge in [0.15, 0.2) is 11.5 Å². The van der Waals surface area contributed by atoms with Crippen LogP contribution < -0.4 is 14.2 Å². The number of pyridine rings is 1. The number of methoxy groups -OCH3 is 1. The number of rotatable bonds is 8. The Labute approximate surface area is 185 Å². The van der Waals surface area contributed by atoms with Gasteiger partial charge < -0.3 is 24.4 Å². The van der Waals surface area contributed by atoms with E-state index < -0.39 is 11.9 Å². The maximum absolute atomic E-state index is 9.10. The molecule has 0 saturated heterocycles. The number of carboxylic acid groups (broad SMARTS) is 2. The van der Waals surface area contributed by atoms with E-state index in [0.717, 1.165) is 34.3 Å². The van der Waals surface area contributed by atoms with E-state index in [1.807, 2.05) is 55.5 Å². The topological polar surface area (TPSA) is 115 Å². The molecule has 2 aromatic carbocycles. The van der Waals surface area contributed by atoms with Crippen molar-refractivity contribution in [3.05, 3.63) is 72.4 Å². The van der Waals surface area contributed by atoms with Crippen LogP contribution in [0.25, 0.3) is 10.9 Å². The van der Waals surface area contributed by atoms with E-state index in [1.165, 1.54) is 0 Å². The monoisotopic (exact) mass is 439 g/mol. The van der Waals surface area contributed by atoms with Gasteiger partial charge in [0, 0.05) is 11.1 Å². The molecule has 0 atom stereocenters. The van der Waals surface area contributed by atoms with Crippen LogP contribution in [0.1, 0.15) is 11.3 Å². The highest BCUT2D eigenvalue weighted by atomic mass is 16.5. The lowest BCUT2D eigenvalue weighted by atomic mass is 10.1. The third kappa shape index (κ3) is 7.02. The number of aliphatic carboxylic acids is 2. The zero-order chi connectivity index (χ0) is 23.5. The Morgan fingerprint density at radius 2 is 1.66 bits per heavy atom. The zero-order valence-electron chi connectivity index (χ0n) is 17.9. The number of nitrogens with zero attached hydrogens (tertiary/aromatic N) is 1. The molecule has 168 valence electrons. The summed E-state index contributed by atoms with van der Waals surface area (Å²) in [4.78, 5) is 22.8. The molecule has 8 nitrogen and oxygen atoms in total. The Bertz CT molecular complexity index is 1080. The molecule has 32 heavy (non-hydrogen) atoms. The zero-order valence-corrected chi connectivity index (χ0v) is 17.9. The number of allylic oxidation sites excluding steroid dienone is 1. The molecule has 0 unspecified atom stereocenters. The number of benzene rings is 2. The number of aromatic nitrogens is 1. The molecular formula is C24H25NO7. The minimum atomic E-state index is -1.82. The van der Waals surface area contributed by atoms with Gasteiger partial charge in [-0.3, -0.25) is 0 Å². The Balaban J connectivity index is 0.000000534. The van der Waals surface area contributed by atoms with Crippen molar-refractivity contribution in [2.45, 2.75) is 13.3 Å². The summed E-state index contributed by atoms with van der Waals surface area (Å²) in [7, 11) is 1.64. The van der Waals surface area contributed by atoms with Gasteiger partial charge in [0.2, 0.25) is 0 Å². The summed E-state index contributed by atoms with van der Waals surface area (Å²) in [5.41, 5.74) is 2.98. The molecule has 1 aromatic heterocycles. The molecule has 0 bridgehead atoms. The molecule has 1 heterocycles. The predicted molar refractivity (Wildman–Crippen MR) is 120 cm³/mol. The standard InChI is InChI=1S/C22H23NO3.C2H2O4/c1-4-6-17-10-12-19(21(15-17)24-3)25-13-14-26-20-8-5-7-18-11-9-16(2)23-22(18)20;3-1(4)2(5)6/h4-5,7-12,15H,1,6,13-14H2,2-3H3;(H,3,4)(H,5,6). The largest absolute Gasteiger partial charge is 0.493 e. The van der Waals surface area contributed by atoms with Gasteiger partial charge in [-0.05, 0) is 43.2 Å². The van der Waals surface area contributed by atoms with Crippen LogP contribution in [-0.2, 0) is 16.0 Å². The first kappa shape index (κ1) is 24.2. The predicted octanol–water partition coefficient (Wildman–Crippen LogP) is 3.89. The summed E-state index contributed by atoms with van der Waals surface area (Å²) in [5.74, 6) is -1.46. The lowest BCUT2D eigenvalue weighted by Crippen LogP contribution is -2.10. The highest BCUT2D eigenvalue weighted by Gasteiger charge is 2.07. The number of ether oxygens (including phenoxy) is 3. The maximum atomic E-state index is 9.10. The summed E-state index contributed by atoms with van der Waals surface area (Å²) in [6.07, 6.45) is 2.66. The third-order valence-electron chi connectivity index (χ3n) is 4.21. The SMILES string of the molecule is C=CCc1ccc(OCCOc2cccc3ccc(C)nc23)c(OC)c1.O=C(O)C(=O)O. The van der Waals surface area contributed by atoms with Crippen LogP contribution in [0.5, 0.6) is 17.2 Å². The Morgan fingerprint density at radius 3 is 2.28 bits per heavy atom. The number of hydrogen-bond acceptors (Lipinski definition) is 6. The molecule has 0 saturated carbocycles. The van der Waals surface area contributed by atoms with Crippen LogP contribution in [0.3, 0.4) is 0 Å². The molecule has 3 rings (SSSR count). The quantitative estimate of drug-likeness (QED) is 0.309. The van der Waals surface area contributed by atoms with E-state index in [9.17, 15) is 0 Å². The van der Waals surface area contributed by atoms with Crippen LogP contribution in [-0.4, -0.2) is 47.5 Å². The molecular weight excluding hydrogens is 414 g/mol. The first-order valence-electron chi connectivity index (χ1n) is 9.71. The third-order valence-corrected chi connectivity index (χ3v) is 4.21. The molecule has 0 fully saturated rings. The van der Waals surface area contributed by atoms with Gasteiger partial charge in [0.25, 0.3) is 0 Å². The van der Waals surface area contributed by atoms with E-state index in [4.69, 9.17) is 34.0 Å². The Hall–Kier alpha value is -4.07. The van der Waals surface area contributed by atoms with E-state index in [1.54, 1.807) is 7.11 Å². The van der Waals surface area contributed by atoms with Crippen molar-refractivity contribution in [3.8, 4) is 17.2 Å². The number of hydrogen-bond donors (Lipinski definition) is 2. The van der Waals surface area contributed by atoms with Crippen LogP contribution >= 0.6 is 0 Å². The van der Waals surface area contributed by atoms with Crippen LogP contribution in [0.2, 0.25) is 0 Å². The van der Waals surface area contributed by atoms with Crippen molar-refractivity contribution < 1.29 is 34.0 Å². The summed E-state index contributed by atoms with van der Waals surface area (Å²) >= 11 is 0. The average molecular weight is 439 g/mol. The van der Waals surface area contributed by atoms with Crippen molar-refractivity contribution in [1.82, 2.24) is 4.98 Å². The summed E-state index contributed by atoms with van der Waals surface area (Å²) < 4.78 is 17.1. The fraction of sp³-hybridized carbons (Fsp3) is 0.208. The van der Waals surface area contributed by atoms with Crippen molar-refractivity contribution in [1.29, 1.82) is 0 Å². The van der Waals surface area contributed by atoms with Gasteiger partial charge in [-0.25, -0.2) is 14.6 Å². The van der Waals surface area contributed by atoms with E-state index in [0.29, 0.717) is 24.7 Å². The van der Waals surface area contributed by atoms with Crippen LogP contribution in [0.15, 0.2) is 61.2 Å². The van der Waals surface area contributed by atoms with E-state index in [-0.39, 0.29) is 0 Å². The number of fused-ring (bicyclic) bond motifs is 1. The molecule has 0 aliphatic carbocycles. The smallest absolute Gasteiger partial charge is 0.414 e. The second kappa shape index (κ2) is 11.9. The maximum Gasteiger partial charge on any atom is 0.414 e. The van der Waals surface area contributed by atoms with E-state index >= 15 is 0 Å². The molecule has 0 radical (unpaired) electrons. The van der Waals surface area contributed by atoms with Crippen molar-refractivity contribution in [3.63, 3.8) is 0 Å². The van der Waals surface area contributed by atoms with Gasteiger partial charge in [0.05, 0.1) is 7.11 Å². The normalized spacial score (nSPS) is 9.94. The van der Waals surface area contributed by atoms with Gasteiger partial charge in [-0.15, -0.1) is 6.58 Å². The second-order valence-electron chi connectivity index (χ2n) is 6.57. The van der Waals surface area contributed by atoms with Crippen LogP contribution in [0, 0.1) is 6.92 Å². The summed E-state index contributed by atoms with van der Waals surface area (Å²) in [5, 5.41) is 15.8. The first-order valence-corrected chi connectivity index (χ1v) is 9.71. The summed E-state index contributed by atoms with van der Waals surface area (Å²) in [6, 6.07) is 15.9. The van der Waals surface area contributed by atoms with Gasteiger partial charge in [0.1, 0.15) is 24.5 Å². The number of aryl methyl sites for hydroxylation is 1. The van der Waals surface area contributed by atoms with Crippen molar-refractivity contribution >= 4 is 22.8 Å². The fourth-order valence-electron chi connectivity index (χ4n) is 2.76. The molecule has 3 aromatic rings. The molecule has 8 heteroatoms. The average Bonchev–Trinajstić information content (AvgIpc) is 2.78. The Kier molecular flexibility index (Phi) is 9.04. The van der Waals surface area contributed by atoms with Gasteiger partial charge in [-0.1, -0.05) is 30.3 Å². The summed E-state index contributed by atoms with van der Waals surface area (Å²) in [6.45, 7) is 6.57. The number of carboxylic acids is 2. The minimum Gasteiger partial charge on any atom is -0.493 e. The van der Waals surface area contributed by atoms with Gasteiger partial charge in [-0.2, -0.15) is 0 Å². The first-order chi connectivity index (χ1) is 15.3. The molecule has 0 aliphatic heterocycles. The number of para-hydroxylation sites is 1. The lowest BCUT2D eigenvalue weighted by molar-refractivity contribution is -0.159. The lowest BCUT2D eigenvalue weighted by Gasteiger charge is -2.13. The highest BCUT2D eigenvalue weighted by molar-refractivity contribution is 6.27. The molecule has 2 N–H and O–H groups in total. The molecule has 0 spiro atoms. The second-order valence-corrected chi connectivity index (χ2v) is 6.57. The number of carbonyl (C=O) groups is 2. The Morgan fingerprint density at radius 1 is 0.969 bits per heavy atom. The highest BCUT2D eigenvalue weighted by Crippen LogP contribution is 2.28. The molecule has 0 aliphatic rings. The van der Waals surface area contributed by atoms with Gasteiger partial charge >= 0.3 is 11.9 Å². The van der Waals surface area contributed by atoms with Crippen molar-refractivity contribution in [2.75, 3.05) is 20.3 Å². The minimum absolute atomic E-state index is 0.416. The molecule has 0 amide bonds. The fourth-order valence-corrected chi connectivity index (χ4v) is 2.76.